The van der Waals surface area contributed by atoms with E-state index in [1.165, 1.54) is 17.5 Å². The van der Waals surface area contributed by atoms with Crippen LogP contribution in [0.4, 0.5) is 26.3 Å². The van der Waals surface area contributed by atoms with Gasteiger partial charge in [0.25, 0.3) is 12.3 Å². The fourth-order valence-corrected chi connectivity index (χ4v) is 6.76. The number of fused-ring (bicyclic) bond motifs is 4. The Morgan fingerprint density at radius 1 is 1.07 bits per heavy atom. The maximum atomic E-state index is 15.1. The van der Waals surface area contributed by atoms with E-state index in [1.54, 1.807) is 17.6 Å². The van der Waals surface area contributed by atoms with Crippen LogP contribution in [0.15, 0.2) is 60.2 Å². The lowest BCUT2D eigenvalue weighted by Gasteiger charge is -2.22. The molecule has 0 bridgehead atoms. The lowest BCUT2D eigenvalue weighted by Crippen LogP contribution is -2.35. The summed E-state index contributed by atoms with van der Waals surface area (Å²) in [4.78, 5) is 22.2. The number of amides is 1. The molecule has 0 saturated heterocycles. The molecule has 3 atom stereocenters. The minimum absolute atomic E-state index is 0.0963. The Hall–Kier alpha value is -4.26. The van der Waals surface area contributed by atoms with E-state index in [-0.39, 0.29) is 24.0 Å². The first-order chi connectivity index (χ1) is 20.6. The molecule has 13 heteroatoms. The Morgan fingerprint density at radius 2 is 1.86 bits per heavy atom. The quantitative estimate of drug-likeness (QED) is 0.190. The maximum Gasteiger partial charge on any atom is 0.293 e. The molecule has 2 aliphatic rings. The number of hydrogen-bond acceptors (Lipinski definition) is 5. The normalized spacial score (nSPS) is 19.0. The Kier molecular flexibility index (Phi) is 6.53. The number of thiazole rings is 1. The number of alkyl halides is 4. The molecule has 1 fully saturated rings. The first-order valence-electron chi connectivity index (χ1n) is 13.4. The van der Waals surface area contributed by atoms with Crippen molar-refractivity contribution in [3.63, 3.8) is 0 Å². The van der Waals surface area contributed by atoms with Crippen molar-refractivity contribution < 1.29 is 31.1 Å². The van der Waals surface area contributed by atoms with E-state index in [0.29, 0.717) is 15.9 Å². The molecular formula is C30H21F6N5OS. The van der Waals surface area contributed by atoms with Crippen LogP contribution in [-0.2, 0) is 23.7 Å². The van der Waals surface area contributed by atoms with Gasteiger partial charge in [0, 0.05) is 29.3 Å². The number of benzene rings is 2. The highest BCUT2D eigenvalue weighted by Crippen LogP contribution is 2.68. The second kappa shape index (κ2) is 10.2. The third-order valence-corrected chi connectivity index (χ3v) is 8.78. The molecule has 0 radical (unpaired) electrons. The Bertz CT molecular complexity index is 1870. The van der Waals surface area contributed by atoms with Gasteiger partial charge in [-0.2, -0.15) is 13.9 Å². The average molecular weight is 614 g/mol. The molecule has 1 amide bonds. The van der Waals surface area contributed by atoms with E-state index in [0.717, 1.165) is 34.0 Å². The van der Waals surface area contributed by atoms with Gasteiger partial charge in [-0.25, -0.2) is 22.5 Å². The fourth-order valence-electron chi connectivity index (χ4n) is 6.10. The standard InChI is InChI=1S/C30H21F6N5OS/c31-16-6-14(7-17(32)10-16)8-22(26-18(2-1-5-37-26)15-3-4-23-21(9-15)38-13-43-23)39-24(42)12-41-28-25(27(40-41)29(33)34)19-11-20(19)30(28,35)36/h1-7,9-10,13,19-20,22,29H,8,11-12H2,(H,39,42)/t19?,20?,22-/m0/s1. The summed E-state index contributed by atoms with van der Waals surface area (Å²) in [5.74, 6) is -7.61. The van der Waals surface area contributed by atoms with Crippen LogP contribution in [0.5, 0.6) is 0 Å². The molecule has 220 valence electrons. The van der Waals surface area contributed by atoms with Gasteiger partial charge in [-0.05, 0) is 60.2 Å². The van der Waals surface area contributed by atoms with Gasteiger partial charge in [0.1, 0.15) is 29.6 Å². The number of nitrogens with one attached hydrogen (secondary N) is 1. The molecule has 2 unspecified atom stereocenters. The smallest absolute Gasteiger partial charge is 0.293 e. The summed E-state index contributed by atoms with van der Waals surface area (Å²) in [5, 5.41) is 6.46. The van der Waals surface area contributed by atoms with Crippen molar-refractivity contribution in [2.75, 3.05) is 0 Å². The number of halogens is 6. The van der Waals surface area contributed by atoms with Crippen LogP contribution in [0, 0.1) is 17.6 Å². The van der Waals surface area contributed by atoms with Crippen LogP contribution < -0.4 is 5.32 Å². The molecular weight excluding hydrogens is 592 g/mol. The summed E-state index contributed by atoms with van der Waals surface area (Å²) in [6.45, 7) is -0.759. The molecule has 6 nitrogen and oxygen atoms in total. The van der Waals surface area contributed by atoms with Gasteiger partial charge in [0.2, 0.25) is 5.91 Å². The van der Waals surface area contributed by atoms with Gasteiger partial charge in [-0.15, -0.1) is 11.3 Å². The molecule has 0 spiro atoms. The Labute approximate surface area is 244 Å². The predicted molar refractivity (Wildman–Crippen MR) is 146 cm³/mol. The van der Waals surface area contributed by atoms with E-state index in [1.807, 2.05) is 18.2 Å². The lowest BCUT2D eigenvalue weighted by molar-refractivity contribution is -0.123. The lowest BCUT2D eigenvalue weighted by atomic mass is 9.95. The summed E-state index contributed by atoms with van der Waals surface area (Å²) in [6, 6.07) is 11.0. The van der Waals surface area contributed by atoms with Crippen LogP contribution in [0.1, 0.15) is 53.0 Å². The van der Waals surface area contributed by atoms with Gasteiger partial charge in [0.15, 0.2) is 0 Å². The summed E-state index contributed by atoms with van der Waals surface area (Å²) >= 11 is 1.47. The summed E-state index contributed by atoms with van der Waals surface area (Å²) < 4.78 is 87.4. The highest BCUT2D eigenvalue weighted by atomic mass is 32.1. The fraction of sp³-hybridized carbons (Fsp3) is 0.267. The third kappa shape index (κ3) is 4.85. The molecule has 0 aliphatic heterocycles. The van der Waals surface area contributed by atoms with Crippen molar-refractivity contribution in [3.05, 3.63) is 100 Å². The first-order valence-corrected chi connectivity index (χ1v) is 14.3. The highest BCUT2D eigenvalue weighted by molar-refractivity contribution is 7.16. The Balaban J connectivity index is 1.25. The number of aromatic nitrogens is 4. The summed E-state index contributed by atoms with van der Waals surface area (Å²) in [6.07, 6.45) is -1.59. The number of rotatable bonds is 8. The monoisotopic (exact) mass is 613 g/mol. The molecule has 1 saturated carbocycles. The van der Waals surface area contributed by atoms with Crippen LogP contribution in [0.25, 0.3) is 21.3 Å². The number of pyridine rings is 1. The van der Waals surface area contributed by atoms with Gasteiger partial charge >= 0.3 is 0 Å². The molecule has 1 N–H and O–H groups in total. The van der Waals surface area contributed by atoms with Crippen molar-refractivity contribution in [2.24, 2.45) is 5.92 Å². The maximum absolute atomic E-state index is 15.1. The van der Waals surface area contributed by atoms with E-state index in [4.69, 9.17) is 0 Å². The van der Waals surface area contributed by atoms with Gasteiger partial charge in [-0.3, -0.25) is 14.5 Å². The van der Waals surface area contributed by atoms with E-state index in [2.05, 4.69) is 20.4 Å². The van der Waals surface area contributed by atoms with Gasteiger partial charge < -0.3 is 5.32 Å². The minimum atomic E-state index is -3.39. The SMILES string of the molecule is O=C(Cn1nc(C(F)F)c2c1C(F)(F)C1CC21)N[C@@H](Cc1cc(F)cc(F)c1)c1ncccc1-c1ccc2scnc2c1. The number of hydrogen-bond donors (Lipinski definition) is 1. The van der Waals surface area contributed by atoms with Crippen molar-refractivity contribution in [2.45, 2.75) is 43.7 Å². The van der Waals surface area contributed by atoms with Gasteiger partial charge in [0.05, 0.1) is 27.5 Å². The number of carbonyl (C=O) groups excluding carboxylic acids is 1. The molecule has 5 aromatic rings. The Morgan fingerprint density at radius 3 is 2.63 bits per heavy atom. The zero-order chi connectivity index (χ0) is 30.0. The zero-order valence-electron chi connectivity index (χ0n) is 22.1. The van der Waals surface area contributed by atoms with Crippen LogP contribution in [-0.4, -0.2) is 25.7 Å². The van der Waals surface area contributed by atoms with Crippen LogP contribution in [0.2, 0.25) is 0 Å². The van der Waals surface area contributed by atoms with E-state index >= 15 is 8.78 Å². The minimum Gasteiger partial charge on any atom is -0.346 e. The second-order valence-corrected chi connectivity index (χ2v) is 11.6. The second-order valence-electron chi connectivity index (χ2n) is 10.8. The molecule has 2 aliphatic carbocycles. The van der Waals surface area contributed by atoms with E-state index in [9.17, 15) is 22.4 Å². The van der Waals surface area contributed by atoms with Crippen LogP contribution in [0.3, 0.4) is 0 Å². The van der Waals surface area contributed by atoms with Crippen LogP contribution >= 0.6 is 11.3 Å². The molecule has 3 heterocycles. The molecule has 43 heavy (non-hydrogen) atoms. The van der Waals surface area contributed by atoms with Crippen molar-refractivity contribution in [3.8, 4) is 11.1 Å². The topological polar surface area (TPSA) is 72.7 Å². The third-order valence-electron chi connectivity index (χ3n) is 7.97. The van der Waals surface area contributed by atoms with Gasteiger partial charge in [-0.1, -0.05) is 12.1 Å². The molecule has 7 rings (SSSR count). The molecule has 3 aromatic heterocycles. The predicted octanol–water partition coefficient (Wildman–Crippen LogP) is 7.08. The van der Waals surface area contributed by atoms with E-state index < -0.39 is 65.7 Å². The average Bonchev–Trinajstić information content (AvgIpc) is 3.36. The largest absolute Gasteiger partial charge is 0.346 e. The zero-order valence-corrected chi connectivity index (χ0v) is 22.9. The highest BCUT2D eigenvalue weighted by Gasteiger charge is 2.67. The molecule has 2 aromatic carbocycles. The summed E-state index contributed by atoms with van der Waals surface area (Å²) in [5.41, 5.74) is 2.77. The number of nitrogens with zero attached hydrogens (tertiary/aromatic N) is 4. The van der Waals surface area contributed by atoms with Crippen molar-refractivity contribution >= 4 is 27.5 Å². The van der Waals surface area contributed by atoms with Crippen molar-refractivity contribution in [1.82, 2.24) is 25.1 Å². The van der Waals surface area contributed by atoms with Crippen molar-refractivity contribution in [1.29, 1.82) is 0 Å². The first kappa shape index (κ1) is 27.6. The number of carbonyl (C=O) groups is 1. The summed E-state index contributed by atoms with van der Waals surface area (Å²) in [7, 11) is 0.